The number of carbonyl (C=O) groups excluding carboxylic acids is 1. The van der Waals surface area contributed by atoms with Gasteiger partial charge in [0, 0.05) is 29.6 Å². The number of methoxy groups -OCH3 is 1. The van der Waals surface area contributed by atoms with Gasteiger partial charge in [-0.15, -0.1) is 0 Å². The van der Waals surface area contributed by atoms with E-state index in [0.717, 1.165) is 5.56 Å². The van der Waals surface area contributed by atoms with E-state index in [-0.39, 0.29) is 5.56 Å². The van der Waals surface area contributed by atoms with Crippen LogP contribution in [0.4, 0.5) is 5.69 Å². The van der Waals surface area contributed by atoms with E-state index in [2.05, 4.69) is 9.98 Å². The van der Waals surface area contributed by atoms with E-state index >= 15 is 0 Å². The molecule has 1 aromatic heterocycles. The molecule has 0 aliphatic heterocycles. The van der Waals surface area contributed by atoms with Crippen molar-refractivity contribution in [3.05, 3.63) is 57.5 Å². The molecule has 1 aromatic carbocycles. The average molecular weight is 285 g/mol. The highest BCUT2D eigenvalue weighted by atomic mass is 16.5. The number of hydrogen-bond donors (Lipinski definition) is 2. The molecule has 0 bridgehead atoms. The molecule has 6 nitrogen and oxygen atoms in total. The van der Waals surface area contributed by atoms with Crippen molar-refractivity contribution in [2.45, 2.75) is 6.92 Å². The number of amides is 1. The maximum Gasteiger partial charge on any atom is 0.250 e. The molecule has 1 amide bonds. The lowest BCUT2D eigenvalue weighted by molar-refractivity contribution is 0.1000. The first-order valence-corrected chi connectivity index (χ1v) is 6.22. The third-order valence-corrected chi connectivity index (χ3v) is 2.96. The Morgan fingerprint density at radius 2 is 2.14 bits per heavy atom. The molecule has 0 aliphatic carbocycles. The van der Waals surface area contributed by atoms with Crippen molar-refractivity contribution in [2.75, 3.05) is 7.11 Å². The molecule has 1 heterocycles. The fraction of sp³-hybridized carbons (Fsp3) is 0.133. The van der Waals surface area contributed by atoms with Gasteiger partial charge in [-0.25, -0.2) is 0 Å². The van der Waals surface area contributed by atoms with Crippen LogP contribution >= 0.6 is 0 Å². The molecule has 0 radical (unpaired) electrons. The van der Waals surface area contributed by atoms with Gasteiger partial charge in [0.2, 0.25) is 11.5 Å². The number of benzene rings is 1. The predicted octanol–water partition coefficient (Wildman–Crippen LogP) is 1.54. The van der Waals surface area contributed by atoms with Crippen molar-refractivity contribution in [2.24, 2.45) is 10.7 Å². The monoisotopic (exact) mass is 285 g/mol. The zero-order valence-corrected chi connectivity index (χ0v) is 11.7. The summed E-state index contributed by atoms with van der Waals surface area (Å²) in [5.41, 5.74) is 7.46. The van der Waals surface area contributed by atoms with Gasteiger partial charge in [-0.05, 0) is 30.7 Å². The predicted molar refractivity (Wildman–Crippen MR) is 80.6 cm³/mol. The average Bonchev–Trinajstić information content (AvgIpc) is 2.47. The largest absolute Gasteiger partial charge is 0.496 e. The molecule has 21 heavy (non-hydrogen) atoms. The number of aromatic nitrogens is 1. The number of nitrogens with zero attached hydrogens (tertiary/aromatic N) is 1. The van der Waals surface area contributed by atoms with Gasteiger partial charge < -0.3 is 15.5 Å². The number of pyridine rings is 1. The summed E-state index contributed by atoms with van der Waals surface area (Å²) in [6, 6.07) is 6.24. The fourth-order valence-electron chi connectivity index (χ4n) is 1.78. The number of primary amides is 1. The second-order valence-electron chi connectivity index (χ2n) is 4.44. The molecular formula is C15H15N3O3. The van der Waals surface area contributed by atoms with E-state index in [4.69, 9.17) is 10.5 Å². The highest BCUT2D eigenvalue weighted by Crippen LogP contribution is 2.20. The summed E-state index contributed by atoms with van der Waals surface area (Å²) >= 11 is 0. The summed E-state index contributed by atoms with van der Waals surface area (Å²) in [6.45, 7) is 1.84. The van der Waals surface area contributed by atoms with E-state index in [1.165, 1.54) is 13.2 Å². The normalized spacial score (nSPS) is 10.8. The van der Waals surface area contributed by atoms with Crippen molar-refractivity contribution in [1.82, 2.24) is 4.98 Å². The SMILES string of the molecule is COc1cc(C(N)=O)ccc1C=Nc1cc(=O)[nH]cc1C. The fourth-order valence-corrected chi connectivity index (χ4v) is 1.78. The van der Waals surface area contributed by atoms with Gasteiger partial charge in [-0.2, -0.15) is 0 Å². The maximum absolute atomic E-state index is 11.3. The molecule has 6 heteroatoms. The van der Waals surface area contributed by atoms with Gasteiger partial charge in [-0.1, -0.05) is 0 Å². The summed E-state index contributed by atoms with van der Waals surface area (Å²) in [5.74, 6) is -0.0419. The minimum absolute atomic E-state index is 0.219. The van der Waals surface area contributed by atoms with Crippen LogP contribution in [0.1, 0.15) is 21.5 Å². The number of carbonyl (C=O) groups is 1. The first-order chi connectivity index (χ1) is 10.0. The number of hydrogen-bond acceptors (Lipinski definition) is 4. The van der Waals surface area contributed by atoms with Gasteiger partial charge in [0.25, 0.3) is 0 Å². The Hall–Kier alpha value is -2.89. The standard InChI is InChI=1S/C15H15N3O3/c1-9-7-18-14(19)6-12(9)17-8-11-4-3-10(15(16)20)5-13(11)21-2/h3-8H,1-2H3,(H2,16,20)(H,18,19). The smallest absolute Gasteiger partial charge is 0.250 e. The quantitative estimate of drug-likeness (QED) is 0.834. The van der Waals surface area contributed by atoms with Crippen LogP contribution in [0, 0.1) is 6.92 Å². The van der Waals surface area contributed by atoms with Crippen molar-refractivity contribution in [3.8, 4) is 5.75 Å². The van der Waals surface area contributed by atoms with Crippen LogP contribution in [-0.4, -0.2) is 24.2 Å². The Labute approximate surface area is 121 Å². The van der Waals surface area contributed by atoms with Gasteiger partial charge in [0.05, 0.1) is 12.8 Å². The Kier molecular flexibility index (Phi) is 4.18. The number of nitrogens with one attached hydrogen (secondary N) is 1. The third-order valence-electron chi connectivity index (χ3n) is 2.96. The number of aromatic amines is 1. The number of H-pyrrole nitrogens is 1. The zero-order valence-electron chi connectivity index (χ0n) is 11.7. The summed E-state index contributed by atoms with van der Waals surface area (Å²) < 4.78 is 5.21. The second-order valence-corrected chi connectivity index (χ2v) is 4.44. The van der Waals surface area contributed by atoms with Gasteiger partial charge in [-0.3, -0.25) is 14.6 Å². The van der Waals surface area contributed by atoms with E-state index < -0.39 is 5.91 Å². The molecule has 0 spiro atoms. The number of aryl methyl sites for hydroxylation is 1. The first kappa shape index (κ1) is 14.5. The molecule has 0 fully saturated rings. The van der Waals surface area contributed by atoms with Crippen LogP contribution in [0.5, 0.6) is 5.75 Å². The highest BCUT2D eigenvalue weighted by Gasteiger charge is 2.06. The van der Waals surface area contributed by atoms with Crippen molar-refractivity contribution >= 4 is 17.8 Å². The summed E-state index contributed by atoms with van der Waals surface area (Å²) in [5, 5.41) is 0. The lowest BCUT2D eigenvalue weighted by Crippen LogP contribution is -2.11. The van der Waals surface area contributed by atoms with Gasteiger partial charge >= 0.3 is 0 Å². The number of aliphatic imine (C=N–C) groups is 1. The topological polar surface area (TPSA) is 97.5 Å². The number of nitrogens with two attached hydrogens (primary N) is 1. The number of ether oxygens (including phenoxy) is 1. The molecule has 0 saturated carbocycles. The van der Waals surface area contributed by atoms with Crippen LogP contribution in [0.2, 0.25) is 0 Å². The van der Waals surface area contributed by atoms with Crippen LogP contribution in [0.3, 0.4) is 0 Å². The lowest BCUT2D eigenvalue weighted by atomic mass is 10.1. The number of rotatable bonds is 4. The Morgan fingerprint density at radius 1 is 1.38 bits per heavy atom. The van der Waals surface area contributed by atoms with E-state index in [9.17, 15) is 9.59 Å². The summed E-state index contributed by atoms with van der Waals surface area (Å²) in [7, 11) is 1.50. The van der Waals surface area contributed by atoms with Crippen LogP contribution in [-0.2, 0) is 0 Å². The van der Waals surface area contributed by atoms with Crippen LogP contribution in [0.15, 0.2) is 40.2 Å². The third kappa shape index (κ3) is 3.36. The molecule has 3 N–H and O–H groups in total. The molecule has 0 unspecified atom stereocenters. The van der Waals surface area contributed by atoms with E-state index in [1.807, 2.05) is 6.92 Å². The van der Waals surface area contributed by atoms with E-state index in [1.54, 1.807) is 30.6 Å². The lowest BCUT2D eigenvalue weighted by Gasteiger charge is -2.06. The zero-order chi connectivity index (χ0) is 15.4. The first-order valence-electron chi connectivity index (χ1n) is 6.22. The van der Waals surface area contributed by atoms with Crippen molar-refractivity contribution in [1.29, 1.82) is 0 Å². The van der Waals surface area contributed by atoms with E-state index in [0.29, 0.717) is 22.6 Å². The Balaban J connectivity index is 2.38. The molecule has 2 aromatic rings. The molecule has 108 valence electrons. The van der Waals surface area contributed by atoms with Crippen LogP contribution < -0.4 is 16.0 Å². The van der Waals surface area contributed by atoms with Gasteiger partial charge in [0.15, 0.2) is 0 Å². The highest BCUT2D eigenvalue weighted by molar-refractivity contribution is 5.95. The molecule has 0 aliphatic rings. The molecule has 2 rings (SSSR count). The minimum atomic E-state index is -0.526. The summed E-state index contributed by atoms with van der Waals surface area (Å²) in [6.07, 6.45) is 3.17. The Bertz CT molecular complexity index is 763. The molecular weight excluding hydrogens is 270 g/mol. The maximum atomic E-state index is 11.3. The summed E-state index contributed by atoms with van der Waals surface area (Å²) in [4.78, 5) is 29.3. The van der Waals surface area contributed by atoms with Crippen molar-refractivity contribution in [3.63, 3.8) is 0 Å². The Morgan fingerprint density at radius 3 is 2.81 bits per heavy atom. The van der Waals surface area contributed by atoms with Crippen LogP contribution in [0.25, 0.3) is 0 Å². The second kappa shape index (κ2) is 6.04. The van der Waals surface area contributed by atoms with Crippen molar-refractivity contribution < 1.29 is 9.53 Å². The molecule has 0 atom stereocenters. The molecule has 0 saturated heterocycles. The van der Waals surface area contributed by atoms with Gasteiger partial charge in [0.1, 0.15) is 5.75 Å². The minimum Gasteiger partial charge on any atom is -0.496 e.